The van der Waals surface area contributed by atoms with Gasteiger partial charge in [0, 0.05) is 7.05 Å². The van der Waals surface area contributed by atoms with Gasteiger partial charge in [-0.25, -0.2) is 4.79 Å². The summed E-state index contributed by atoms with van der Waals surface area (Å²) in [6.45, 7) is 1.82. The Labute approximate surface area is 184 Å². The smallest absolute Gasteiger partial charge is 0.340 e. The lowest BCUT2D eigenvalue weighted by Gasteiger charge is -2.19. The van der Waals surface area contributed by atoms with Gasteiger partial charge in [-0.15, -0.1) is 11.3 Å². The van der Waals surface area contributed by atoms with Gasteiger partial charge in [-0.2, -0.15) is 0 Å². The quantitative estimate of drug-likeness (QED) is 0.533. The summed E-state index contributed by atoms with van der Waals surface area (Å²) in [6, 6.07) is 17.1. The summed E-state index contributed by atoms with van der Waals surface area (Å²) in [6.07, 6.45) is 0. The molecule has 0 unspecified atom stereocenters. The van der Waals surface area contributed by atoms with Crippen LogP contribution in [-0.4, -0.2) is 38.0 Å². The second-order valence-electron chi connectivity index (χ2n) is 6.41. The molecule has 0 fully saturated rings. The zero-order chi connectivity index (χ0) is 22.2. The highest BCUT2D eigenvalue weighted by Gasteiger charge is 2.21. The lowest BCUT2D eigenvalue weighted by Crippen LogP contribution is -2.28. The van der Waals surface area contributed by atoms with Crippen LogP contribution in [-0.2, 0) is 9.53 Å². The molecule has 3 aromatic rings. The molecule has 1 N–H and O–H groups in total. The Balaban J connectivity index is 1.66. The lowest BCUT2D eigenvalue weighted by atomic mass is 10.1. The van der Waals surface area contributed by atoms with Crippen molar-refractivity contribution < 1.29 is 23.9 Å². The van der Waals surface area contributed by atoms with E-state index in [0.29, 0.717) is 28.6 Å². The number of hydrogen-bond donors (Lipinski definition) is 1. The number of carbonyl (C=O) groups is 3. The van der Waals surface area contributed by atoms with Crippen molar-refractivity contribution in [3.05, 3.63) is 76.5 Å². The number of thiophene rings is 1. The lowest BCUT2D eigenvalue weighted by molar-refractivity contribution is -0.119. The molecule has 0 spiro atoms. The molecule has 0 atom stereocenters. The van der Waals surface area contributed by atoms with Crippen LogP contribution in [0.3, 0.4) is 0 Å². The van der Waals surface area contributed by atoms with Gasteiger partial charge in [0.05, 0.1) is 28.4 Å². The Morgan fingerprint density at radius 3 is 2.48 bits per heavy atom. The first-order chi connectivity index (χ1) is 15.0. The molecular weight excluding hydrogens is 416 g/mol. The molecule has 1 aromatic heterocycles. The van der Waals surface area contributed by atoms with Crippen molar-refractivity contribution >= 4 is 40.5 Å². The Hall–Kier alpha value is -3.65. The maximum absolute atomic E-state index is 12.6. The maximum Gasteiger partial charge on any atom is 0.340 e. The topological polar surface area (TPSA) is 84.9 Å². The minimum absolute atomic E-state index is 0.192. The molecule has 0 aliphatic heterocycles. The molecular formula is C23H22N2O5S. The van der Waals surface area contributed by atoms with Gasteiger partial charge in [0.2, 0.25) is 0 Å². The average Bonchev–Trinajstić information content (AvgIpc) is 3.33. The molecule has 0 radical (unpaired) electrons. The standard InChI is InChI=1S/C23H22N2O5S/c1-3-29-19-12-7-5-10-17(19)24-21(26)15-30-23(28)16-9-4-6-11-18(16)25(2)22(27)20-13-8-14-31-20/h4-14H,3,15H2,1-2H3,(H,24,26). The third-order valence-corrected chi connectivity index (χ3v) is 5.18. The van der Waals surface area contributed by atoms with Crippen LogP contribution in [0.25, 0.3) is 0 Å². The predicted molar refractivity (Wildman–Crippen MR) is 120 cm³/mol. The van der Waals surface area contributed by atoms with Gasteiger partial charge in [0.15, 0.2) is 6.61 Å². The summed E-state index contributed by atoms with van der Waals surface area (Å²) in [5.41, 5.74) is 1.08. The number of carbonyl (C=O) groups excluding carboxylic acids is 3. The van der Waals surface area contributed by atoms with Crippen LogP contribution in [0.1, 0.15) is 27.0 Å². The highest BCUT2D eigenvalue weighted by Crippen LogP contribution is 2.25. The zero-order valence-electron chi connectivity index (χ0n) is 17.2. The number of esters is 1. The van der Waals surface area contributed by atoms with Crippen LogP contribution in [0, 0.1) is 0 Å². The summed E-state index contributed by atoms with van der Waals surface area (Å²) < 4.78 is 10.7. The van der Waals surface area contributed by atoms with E-state index in [2.05, 4.69) is 5.32 Å². The van der Waals surface area contributed by atoms with Crippen LogP contribution >= 0.6 is 11.3 Å². The number of nitrogens with one attached hydrogen (secondary N) is 1. The van der Waals surface area contributed by atoms with E-state index in [0.717, 1.165) is 0 Å². The van der Waals surface area contributed by atoms with Crippen molar-refractivity contribution in [2.75, 3.05) is 30.5 Å². The molecule has 0 saturated carbocycles. The molecule has 0 aliphatic carbocycles. The summed E-state index contributed by atoms with van der Waals surface area (Å²) in [5.74, 6) is -0.903. The fourth-order valence-electron chi connectivity index (χ4n) is 2.86. The first-order valence-corrected chi connectivity index (χ1v) is 10.5. The van der Waals surface area contributed by atoms with Crippen molar-refractivity contribution in [1.29, 1.82) is 0 Å². The number of amides is 2. The molecule has 31 heavy (non-hydrogen) atoms. The second kappa shape index (κ2) is 10.4. The summed E-state index contributed by atoms with van der Waals surface area (Å²) in [7, 11) is 1.59. The Bertz CT molecular complexity index is 1070. The number of anilines is 2. The fourth-order valence-corrected chi connectivity index (χ4v) is 3.56. The molecule has 3 rings (SSSR count). The van der Waals surface area contributed by atoms with Gasteiger partial charge in [0.25, 0.3) is 11.8 Å². The van der Waals surface area contributed by atoms with Crippen molar-refractivity contribution in [2.45, 2.75) is 6.92 Å². The van der Waals surface area contributed by atoms with Gasteiger partial charge < -0.3 is 19.7 Å². The van der Waals surface area contributed by atoms with Gasteiger partial charge in [-0.05, 0) is 42.6 Å². The third-order valence-electron chi connectivity index (χ3n) is 4.32. The van der Waals surface area contributed by atoms with E-state index >= 15 is 0 Å². The Morgan fingerprint density at radius 1 is 1.00 bits per heavy atom. The molecule has 160 valence electrons. The van der Waals surface area contributed by atoms with Crippen molar-refractivity contribution in [3.63, 3.8) is 0 Å². The largest absolute Gasteiger partial charge is 0.492 e. The maximum atomic E-state index is 12.6. The van der Waals surface area contributed by atoms with E-state index in [1.165, 1.54) is 16.2 Å². The summed E-state index contributed by atoms with van der Waals surface area (Å²) in [4.78, 5) is 39.5. The molecule has 0 saturated heterocycles. The number of rotatable bonds is 8. The predicted octanol–water partition coefficient (Wildman–Crippen LogP) is 4.22. The third kappa shape index (κ3) is 5.49. The number of nitrogens with zero attached hydrogens (tertiary/aromatic N) is 1. The van der Waals surface area contributed by atoms with Crippen molar-refractivity contribution in [1.82, 2.24) is 0 Å². The van der Waals surface area contributed by atoms with E-state index in [-0.39, 0.29) is 11.5 Å². The van der Waals surface area contributed by atoms with Gasteiger partial charge in [0.1, 0.15) is 5.75 Å². The first-order valence-electron chi connectivity index (χ1n) is 9.60. The Kier molecular flexibility index (Phi) is 7.40. The average molecular weight is 439 g/mol. The summed E-state index contributed by atoms with van der Waals surface area (Å²) >= 11 is 1.32. The van der Waals surface area contributed by atoms with E-state index in [9.17, 15) is 14.4 Å². The number of hydrogen-bond acceptors (Lipinski definition) is 6. The van der Waals surface area contributed by atoms with E-state index in [1.54, 1.807) is 67.7 Å². The molecule has 2 aromatic carbocycles. The highest BCUT2D eigenvalue weighted by atomic mass is 32.1. The number of para-hydroxylation sites is 3. The molecule has 0 aliphatic rings. The van der Waals surface area contributed by atoms with Gasteiger partial charge in [-0.3, -0.25) is 9.59 Å². The second-order valence-corrected chi connectivity index (χ2v) is 7.36. The van der Waals surface area contributed by atoms with E-state index < -0.39 is 18.5 Å². The van der Waals surface area contributed by atoms with Gasteiger partial charge in [-0.1, -0.05) is 30.3 Å². The SMILES string of the molecule is CCOc1ccccc1NC(=O)COC(=O)c1ccccc1N(C)C(=O)c1cccs1. The summed E-state index contributed by atoms with van der Waals surface area (Å²) in [5, 5.41) is 4.48. The monoisotopic (exact) mass is 438 g/mol. The first kappa shape index (κ1) is 22.0. The van der Waals surface area contributed by atoms with Crippen LogP contribution in [0.5, 0.6) is 5.75 Å². The van der Waals surface area contributed by atoms with Crippen LogP contribution in [0.15, 0.2) is 66.0 Å². The van der Waals surface area contributed by atoms with E-state index in [1.807, 2.05) is 12.3 Å². The molecule has 7 nitrogen and oxygen atoms in total. The molecule has 8 heteroatoms. The van der Waals surface area contributed by atoms with Crippen LogP contribution < -0.4 is 15.0 Å². The minimum atomic E-state index is -0.699. The zero-order valence-corrected chi connectivity index (χ0v) is 18.0. The highest BCUT2D eigenvalue weighted by molar-refractivity contribution is 7.12. The number of ether oxygens (including phenoxy) is 2. The molecule has 0 bridgehead atoms. The molecule has 2 amide bonds. The Morgan fingerprint density at radius 2 is 1.74 bits per heavy atom. The van der Waals surface area contributed by atoms with Crippen molar-refractivity contribution in [3.8, 4) is 5.75 Å². The minimum Gasteiger partial charge on any atom is -0.492 e. The number of benzene rings is 2. The van der Waals surface area contributed by atoms with Crippen LogP contribution in [0.4, 0.5) is 11.4 Å². The fraction of sp³-hybridized carbons (Fsp3) is 0.174. The van der Waals surface area contributed by atoms with Crippen LogP contribution in [0.2, 0.25) is 0 Å². The molecule has 1 heterocycles. The normalized spacial score (nSPS) is 10.3. The van der Waals surface area contributed by atoms with E-state index in [4.69, 9.17) is 9.47 Å². The van der Waals surface area contributed by atoms with Crippen molar-refractivity contribution in [2.24, 2.45) is 0 Å². The van der Waals surface area contributed by atoms with Gasteiger partial charge >= 0.3 is 5.97 Å².